The lowest BCUT2D eigenvalue weighted by molar-refractivity contribution is -0.142. The lowest BCUT2D eigenvalue weighted by atomic mass is 9.70. The molecule has 1 saturated carbocycles. The zero-order valence-corrected chi connectivity index (χ0v) is 14.3. The molecule has 1 aliphatic carbocycles. The Morgan fingerprint density at radius 1 is 1.04 bits per heavy atom. The van der Waals surface area contributed by atoms with Gasteiger partial charge >= 0.3 is 5.97 Å². The molecule has 0 spiro atoms. The van der Waals surface area contributed by atoms with Crippen molar-refractivity contribution in [3.8, 4) is 11.5 Å². The minimum atomic E-state index is -0.902. The molecule has 1 fully saturated rings. The van der Waals surface area contributed by atoms with E-state index in [9.17, 15) is 4.79 Å². The van der Waals surface area contributed by atoms with Crippen LogP contribution in [-0.4, -0.2) is 24.3 Å². The number of para-hydroxylation sites is 1. The van der Waals surface area contributed by atoms with Crippen LogP contribution in [-0.2, 0) is 9.53 Å². The number of benzene rings is 2. The summed E-state index contributed by atoms with van der Waals surface area (Å²) in [6.07, 6.45) is 4.42. The molecule has 25 heavy (non-hydrogen) atoms. The molecule has 0 radical (unpaired) electrons. The summed E-state index contributed by atoms with van der Waals surface area (Å²) in [5.41, 5.74) is 1.34. The second-order valence-electron chi connectivity index (χ2n) is 6.61. The molecule has 0 amide bonds. The summed E-state index contributed by atoms with van der Waals surface area (Å²) in [5.74, 6) is 2.16. The van der Waals surface area contributed by atoms with Gasteiger partial charge in [0.2, 0.25) is 0 Å². The zero-order valence-electron chi connectivity index (χ0n) is 14.3. The number of carboxylic acid groups (broad SMARTS) is 1. The van der Waals surface area contributed by atoms with E-state index in [1.165, 1.54) is 18.4 Å². The Morgan fingerprint density at radius 3 is 2.56 bits per heavy atom. The first-order chi connectivity index (χ1) is 12.2. The fourth-order valence-electron chi connectivity index (χ4n) is 3.33. The van der Waals surface area contributed by atoms with Crippen molar-refractivity contribution in [2.45, 2.75) is 31.6 Å². The van der Waals surface area contributed by atoms with Gasteiger partial charge in [-0.2, -0.15) is 0 Å². The number of carbonyl (C=O) groups is 1. The molecule has 4 heteroatoms. The van der Waals surface area contributed by atoms with Crippen molar-refractivity contribution >= 4 is 5.97 Å². The predicted molar refractivity (Wildman–Crippen MR) is 96.1 cm³/mol. The van der Waals surface area contributed by atoms with E-state index in [1.807, 2.05) is 36.4 Å². The Hall–Kier alpha value is -2.33. The highest BCUT2D eigenvalue weighted by atomic mass is 16.5. The first kappa shape index (κ1) is 17.5. The van der Waals surface area contributed by atoms with E-state index in [0.29, 0.717) is 12.5 Å². The van der Waals surface area contributed by atoms with Gasteiger partial charge in [0.15, 0.2) is 0 Å². The summed E-state index contributed by atoms with van der Waals surface area (Å²) in [4.78, 5) is 10.4. The molecule has 1 N–H and O–H groups in total. The Kier molecular flexibility index (Phi) is 6.07. The molecule has 2 aromatic rings. The van der Waals surface area contributed by atoms with Gasteiger partial charge in [0.05, 0.1) is 0 Å². The van der Waals surface area contributed by atoms with Gasteiger partial charge in [0, 0.05) is 6.61 Å². The van der Waals surface area contributed by atoms with Gasteiger partial charge in [-0.1, -0.05) is 30.3 Å². The topological polar surface area (TPSA) is 55.8 Å². The maximum absolute atomic E-state index is 10.4. The fourth-order valence-corrected chi connectivity index (χ4v) is 3.33. The van der Waals surface area contributed by atoms with Crippen LogP contribution in [0.1, 0.15) is 37.2 Å². The van der Waals surface area contributed by atoms with E-state index in [0.717, 1.165) is 30.3 Å². The maximum Gasteiger partial charge on any atom is 0.329 e. The van der Waals surface area contributed by atoms with Crippen LogP contribution >= 0.6 is 0 Å². The molecular weight excluding hydrogens is 316 g/mol. The highest BCUT2D eigenvalue weighted by Gasteiger charge is 2.29. The average molecular weight is 340 g/mol. The molecule has 1 aliphatic rings. The minimum Gasteiger partial charge on any atom is -0.480 e. The lowest BCUT2D eigenvalue weighted by Crippen LogP contribution is -2.22. The molecule has 0 atom stereocenters. The number of rotatable bonds is 9. The average Bonchev–Trinajstić information content (AvgIpc) is 2.57. The van der Waals surface area contributed by atoms with E-state index in [1.54, 1.807) is 0 Å². The Balaban J connectivity index is 1.42. The summed E-state index contributed by atoms with van der Waals surface area (Å²) >= 11 is 0. The Bertz CT molecular complexity index is 677. The van der Waals surface area contributed by atoms with Crippen LogP contribution in [0.3, 0.4) is 0 Å². The molecule has 0 unspecified atom stereocenters. The van der Waals surface area contributed by atoms with Crippen LogP contribution in [0.2, 0.25) is 0 Å². The van der Waals surface area contributed by atoms with Crippen molar-refractivity contribution in [3.05, 3.63) is 60.2 Å². The van der Waals surface area contributed by atoms with E-state index in [4.69, 9.17) is 14.6 Å². The van der Waals surface area contributed by atoms with Crippen molar-refractivity contribution in [2.75, 3.05) is 13.2 Å². The Labute approximate surface area is 148 Å². The molecule has 0 aliphatic heterocycles. The second-order valence-corrected chi connectivity index (χ2v) is 6.61. The summed E-state index contributed by atoms with van der Waals surface area (Å²) in [7, 11) is 0. The molecule has 0 aromatic heterocycles. The summed E-state index contributed by atoms with van der Waals surface area (Å²) in [6, 6.07) is 18.2. The molecular formula is C21H24O4. The van der Waals surface area contributed by atoms with E-state index >= 15 is 0 Å². The minimum absolute atomic E-state index is 0.193. The van der Waals surface area contributed by atoms with E-state index < -0.39 is 5.97 Å². The van der Waals surface area contributed by atoms with Gasteiger partial charge in [-0.25, -0.2) is 4.79 Å². The molecule has 2 aromatic carbocycles. The third kappa shape index (κ3) is 5.33. The quantitative estimate of drug-likeness (QED) is 0.663. The summed E-state index contributed by atoms with van der Waals surface area (Å²) in [6.45, 7) is 0.343. The van der Waals surface area contributed by atoms with Crippen molar-refractivity contribution in [1.82, 2.24) is 0 Å². The van der Waals surface area contributed by atoms with Crippen LogP contribution in [0.5, 0.6) is 11.5 Å². The predicted octanol–water partition coefficient (Wildman–Crippen LogP) is 4.85. The molecule has 3 rings (SSSR count). The van der Waals surface area contributed by atoms with Crippen molar-refractivity contribution in [2.24, 2.45) is 5.92 Å². The molecule has 0 saturated heterocycles. The first-order valence-electron chi connectivity index (χ1n) is 8.83. The zero-order chi connectivity index (χ0) is 17.5. The SMILES string of the molecule is O=C(O)COCCC[C@H]1C[C@H](c2cccc(Oc3ccccc3)c2)C1. The first-order valence-corrected chi connectivity index (χ1v) is 8.83. The van der Waals surface area contributed by atoms with Gasteiger partial charge in [0.1, 0.15) is 18.1 Å². The molecule has 0 bridgehead atoms. The maximum atomic E-state index is 10.4. The number of ether oxygens (including phenoxy) is 2. The highest BCUT2D eigenvalue weighted by Crippen LogP contribution is 2.44. The standard InChI is InChI=1S/C21H24O4/c22-21(23)15-24-11-5-6-16-12-18(13-16)17-7-4-10-20(14-17)25-19-8-2-1-3-9-19/h1-4,7-10,14,16,18H,5-6,11-13,15H2,(H,22,23)/t16-,18-. The van der Waals surface area contributed by atoms with Crippen molar-refractivity contribution < 1.29 is 19.4 Å². The summed E-state index contributed by atoms with van der Waals surface area (Å²) in [5, 5.41) is 8.52. The number of carboxylic acids is 1. The number of hydrogen-bond acceptors (Lipinski definition) is 3. The van der Waals surface area contributed by atoms with Gasteiger partial charge in [0.25, 0.3) is 0 Å². The third-order valence-electron chi connectivity index (χ3n) is 4.67. The second kappa shape index (κ2) is 8.67. The monoisotopic (exact) mass is 340 g/mol. The van der Waals surface area contributed by atoms with Crippen LogP contribution < -0.4 is 4.74 Å². The van der Waals surface area contributed by atoms with Crippen LogP contribution in [0.15, 0.2) is 54.6 Å². The number of aliphatic carboxylic acids is 1. The van der Waals surface area contributed by atoms with Gasteiger partial charge in [-0.3, -0.25) is 0 Å². The van der Waals surface area contributed by atoms with Crippen molar-refractivity contribution in [1.29, 1.82) is 0 Å². The van der Waals surface area contributed by atoms with Gasteiger partial charge in [-0.15, -0.1) is 0 Å². The third-order valence-corrected chi connectivity index (χ3v) is 4.67. The normalized spacial score (nSPS) is 19.2. The lowest BCUT2D eigenvalue weighted by Gasteiger charge is -2.36. The highest BCUT2D eigenvalue weighted by molar-refractivity contribution is 5.67. The fraction of sp³-hybridized carbons (Fsp3) is 0.381. The molecule has 4 nitrogen and oxygen atoms in total. The largest absolute Gasteiger partial charge is 0.480 e. The van der Waals surface area contributed by atoms with Crippen LogP contribution in [0.4, 0.5) is 0 Å². The van der Waals surface area contributed by atoms with Gasteiger partial charge < -0.3 is 14.6 Å². The van der Waals surface area contributed by atoms with E-state index in [2.05, 4.69) is 18.2 Å². The molecule has 0 heterocycles. The Morgan fingerprint density at radius 2 is 1.80 bits per heavy atom. The van der Waals surface area contributed by atoms with Gasteiger partial charge in [-0.05, 0) is 67.3 Å². The number of hydrogen-bond donors (Lipinski definition) is 1. The van der Waals surface area contributed by atoms with Crippen LogP contribution in [0.25, 0.3) is 0 Å². The smallest absolute Gasteiger partial charge is 0.329 e. The van der Waals surface area contributed by atoms with E-state index in [-0.39, 0.29) is 6.61 Å². The molecule has 132 valence electrons. The van der Waals surface area contributed by atoms with Crippen molar-refractivity contribution in [3.63, 3.8) is 0 Å². The summed E-state index contributed by atoms with van der Waals surface area (Å²) < 4.78 is 11.0. The van der Waals surface area contributed by atoms with Crippen LogP contribution in [0, 0.1) is 5.92 Å².